The van der Waals surface area contributed by atoms with Crippen LogP contribution in [0.3, 0.4) is 0 Å². The van der Waals surface area contributed by atoms with E-state index in [2.05, 4.69) is 0 Å². The van der Waals surface area contributed by atoms with Crippen LogP contribution in [0.5, 0.6) is 5.75 Å². The van der Waals surface area contributed by atoms with Gasteiger partial charge in [0.25, 0.3) is 0 Å². The Labute approximate surface area is 151 Å². The van der Waals surface area contributed by atoms with E-state index in [-0.39, 0.29) is 31.2 Å². The van der Waals surface area contributed by atoms with E-state index in [0.717, 1.165) is 0 Å². The molecular weight excluding hydrogens is 340 g/mol. The highest BCUT2D eigenvalue weighted by Crippen LogP contribution is 2.33. The number of carboxylic acid groups (broad SMARTS) is 1. The average Bonchev–Trinajstić information content (AvgIpc) is 3.02. The van der Waals surface area contributed by atoms with Crippen LogP contribution in [0.15, 0.2) is 24.3 Å². The van der Waals surface area contributed by atoms with Gasteiger partial charge in [0.2, 0.25) is 11.8 Å². The van der Waals surface area contributed by atoms with Crippen LogP contribution in [-0.4, -0.2) is 67.2 Å². The van der Waals surface area contributed by atoms with Crippen LogP contribution in [0, 0.1) is 5.92 Å². The van der Waals surface area contributed by atoms with Gasteiger partial charge in [-0.25, -0.2) is 0 Å². The van der Waals surface area contributed by atoms with Crippen LogP contribution in [0.1, 0.15) is 12.8 Å². The molecule has 2 fully saturated rings. The maximum Gasteiger partial charge on any atom is 0.306 e. The summed E-state index contributed by atoms with van der Waals surface area (Å²) in [5.74, 6) is -1.07. The van der Waals surface area contributed by atoms with Crippen molar-refractivity contribution in [3.8, 4) is 5.75 Å². The molecule has 0 saturated carbocycles. The summed E-state index contributed by atoms with van der Waals surface area (Å²) < 4.78 is 10.7. The van der Waals surface area contributed by atoms with E-state index in [1.165, 1.54) is 0 Å². The molecule has 0 aromatic heterocycles. The van der Waals surface area contributed by atoms with Crippen molar-refractivity contribution >= 4 is 23.5 Å². The van der Waals surface area contributed by atoms with Crippen molar-refractivity contribution < 1.29 is 29.0 Å². The van der Waals surface area contributed by atoms with Gasteiger partial charge < -0.3 is 24.4 Å². The van der Waals surface area contributed by atoms with Gasteiger partial charge in [0.05, 0.1) is 37.8 Å². The number of nitrogens with zero attached hydrogens (tertiary/aromatic N) is 2. The number of carbonyl (C=O) groups excluding carboxylic acids is 2. The first-order valence-electron chi connectivity index (χ1n) is 8.55. The van der Waals surface area contributed by atoms with Gasteiger partial charge in [-0.15, -0.1) is 0 Å². The minimum Gasteiger partial charge on any atom is -0.495 e. The molecule has 1 N–H and O–H groups in total. The van der Waals surface area contributed by atoms with E-state index in [4.69, 9.17) is 14.6 Å². The lowest BCUT2D eigenvalue weighted by Crippen LogP contribution is -2.48. The number of rotatable bonds is 5. The molecule has 2 saturated heterocycles. The highest BCUT2D eigenvalue weighted by molar-refractivity contribution is 6.01. The molecule has 140 valence electrons. The van der Waals surface area contributed by atoms with E-state index in [9.17, 15) is 14.4 Å². The Morgan fingerprint density at radius 1 is 1.31 bits per heavy atom. The molecule has 8 heteroatoms. The monoisotopic (exact) mass is 362 g/mol. The maximum atomic E-state index is 12.8. The number of methoxy groups -OCH3 is 1. The molecule has 0 aliphatic carbocycles. The van der Waals surface area contributed by atoms with Gasteiger partial charge in [0.1, 0.15) is 5.75 Å². The molecule has 0 radical (unpaired) electrons. The molecule has 1 aromatic rings. The summed E-state index contributed by atoms with van der Waals surface area (Å²) in [4.78, 5) is 39.3. The van der Waals surface area contributed by atoms with Crippen molar-refractivity contribution in [3.05, 3.63) is 24.3 Å². The molecule has 2 amide bonds. The molecular formula is C18H22N2O6. The van der Waals surface area contributed by atoms with E-state index in [1.807, 2.05) is 12.1 Å². The minimum atomic E-state index is -0.956. The van der Waals surface area contributed by atoms with Gasteiger partial charge in [-0.3, -0.25) is 14.4 Å². The zero-order valence-electron chi connectivity index (χ0n) is 14.6. The summed E-state index contributed by atoms with van der Waals surface area (Å²) in [5.41, 5.74) is 0.654. The van der Waals surface area contributed by atoms with Crippen LogP contribution < -0.4 is 9.64 Å². The number of para-hydroxylation sites is 2. The van der Waals surface area contributed by atoms with Gasteiger partial charge in [0.15, 0.2) is 0 Å². The number of hydrogen-bond donors (Lipinski definition) is 1. The number of benzene rings is 1. The molecule has 1 aromatic carbocycles. The minimum absolute atomic E-state index is 0.122. The zero-order chi connectivity index (χ0) is 18.7. The third-order valence-corrected chi connectivity index (χ3v) is 4.70. The highest BCUT2D eigenvalue weighted by atomic mass is 16.5. The van der Waals surface area contributed by atoms with Gasteiger partial charge in [-0.2, -0.15) is 0 Å². The van der Waals surface area contributed by atoms with E-state index < -0.39 is 18.0 Å². The topological polar surface area (TPSA) is 96.4 Å². The first-order valence-corrected chi connectivity index (χ1v) is 8.55. The molecule has 2 atom stereocenters. The lowest BCUT2D eigenvalue weighted by atomic mass is 10.1. The van der Waals surface area contributed by atoms with Crippen LogP contribution in [0.4, 0.5) is 5.69 Å². The molecule has 26 heavy (non-hydrogen) atoms. The quantitative estimate of drug-likeness (QED) is 0.830. The number of anilines is 1. The Morgan fingerprint density at radius 2 is 2.08 bits per heavy atom. The normalized spacial score (nSPS) is 23.2. The fourth-order valence-corrected chi connectivity index (χ4v) is 3.45. The third kappa shape index (κ3) is 3.80. The first kappa shape index (κ1) is 18.2. The zero-order valence-corrected chi connectivity index (χ0v) is 14.6. The highest BCUT2D eigenvalue weighted by Gasteiger charge is 2.39. The molecule has 8 nitrogen and oxygen atoms in total. The van der Waals surface area contributed by atoms with Crippen molar-refractivity contribution in [2.24, 2.45) is 5.92 Å². The molecule has 2 heterocycles. The van der Waals surface area contributed by atoms with Crippen molar-refractivity contribution in [2.45, 2.75) is 18.9 Å². The summed E-state index contributed by atoms with van der Waals surface area (Å²) in [6.45, 7) is 1.25. The van der Waals surface area contributed by atoms with Gasteiger partial charge in [-0.05, 0) is 12.1 Å². The second-order valence-corrected chi connectivity index (χ2v) is 6.45. The number of hydrogen-bond acceptors (Lipinski definition) is 5. The van der Waals surface area contributed by atoms with E-state index >= 15 is 0 Å². The Morgan fingerprint density at radius 3 is 2.81 bits per heavy atom. The smallest absolute Gasteiger partial charge is 0.306 e. The van der Waals surface area contributed by atoms with E-state index in [0.29, 0.717) is 31.1 Å². The average molecular weight is 362 g/mol. The largest absolute Gasteiger partial charge is 0.495 e. The summed E-state index contributed by atoms with van der Waals surface area (Å²) in [5, 5.41) is 8.90. The first-order chi connectivity index (χ1) is 12.5. The number of morpholine rings is 1. The summed E-state index contributed by atoms with van der Waals surface area (Å²) in [6, 6.07) is 7.21. The van der Waals surface area contributed by atoms with Crippen molar-refractivity contribution in [2.75, 3.05) is 38.3 Å². The molecule has 0 unspecified atom stereocenters. The number of carbonyl (C=O) groups is 3. The lowest BCUT2D eigenvalue weighted by molar-refractivity contribution is -0.149. The van der Waals surface area contributed by atoms with Crippen LogP contribution in [0.25, 0.3) is 0 Å². The molecule has 0 spiro atoms. The van der Waals surface area contributed by atoms with E-state index in [1.54, 1.807) is 29.0 Å². The summed E-state index contributed by atoms with van der Waals surface area (Å²) in [7, 11) is 1.54. The van der Waals surface area contributed by atoms with Gasteiger partial charge in [-0.1, -0.05) is 12.1 Å². The Balaban J connectivity index is 1.68. The third-order valence-electron chi connectivity index (χ3n) is 4.70. The second kappa shape index (κ2) is 7.74. The second-order valence-electron chi connectivity index (χ2n) is 6.45. The fraction of sp³-hybridized carbons (Fsp3) is 0.500. The number of aliphatic carboxylic acids is 1. The van der Waals surface area contributed by atoms with Crippen molar-refractivity contribution in [3.63, 3.8) is 0 Å². The van der Waals surface area contributed by atoms with Crippen molar-refractivity contribution in [1.82, 2.24) is 4.90 Å². The van der Waals surface area contributed by atoms with Crippen LogP contribution in [0.2, 0.25) is 0 Å². The SMILES string of the molecule is COc1ccccc1N1C[C@@H](C(=O)N2CCO[C@H](CC(=O)O)C2)CC1=O. The fourth-order valence-electron chi connectivity index (χ4n) is 3.45. The Bertz CT molecular complexity index is 707. The number of ether oxygens (including phenoxy) is 2. The standard InChI is InChI=1S/C18H22N2O6/c1-25-15-5-3-2-4-14(15)20-10-12(8-16(20)21)18(24)19-6-7-26-13(11-19)9-17(22)23/h2-5,12-13H,6-11H2,1H3,(H,22,23)/t12-,13+/m0/s1. The number of carboxylic acids is 1. The lowest BCUT2D eigenvalue weighted by Gasteiger charge is -2.33. The summed E-state index contributed by atoms with van der Waals surface area (Å²) in [6.07, 6.45) is -0.508. The summed E-state index contributed by atoms with van der Waals surface area (Å²) >= 11 is 0. The predicted octanol–water partition coefficient (Wildman–Crippen LogP) is 0.750. The molecule has 2 aliphatic heterocycles. The molecule has 2 aliphatic rings. The van der Waals surface area contributed by atoms with Crippen LogP contribution in [-0.2, 0) is 19.1 Å². The molecule has 3 rings (SSSR count). The van der Waals surface area contributed by atoms with Gasteiger partial charge >= 0.3 is 5.97 Å². The van der Waals surface area contributed by atoms with Crippen LogP contribution >= 0.6 is 0 Å². The number of amides is 2. The van der Waals surface area contributed by atoms with Crippen molar-refractivity contribution in [1.29, 1.82) is 0 Å². The Kier molecular flexibility index (Phi) is 5.41. The van der Waals surface area contributed by atoms with Gasteiger partial charge in [0, 0.05) is 26.1 Å². The Hall–Kier alpha value is -2.61. The maximum absolute atomic E-state index is 12.8. The predicted molar refractivity (Wildman–Crippen MR) is 92.0 cm³/mol. The molecule has 0 bridgehead atoms.